The minimum Gasteiger partial charge on any atom is -0.353 e. The molecule has 124 valence electrons. The van der Waals surface area contributed by atoms with Crippen molar-refractivity contribution in [3.05, 3.63) is 65.7 Å². The molecular weight excluding hydrogens is 336 g/mol. The Balaban J connectivity index is 1.50. The van der Waals surface area contributed by atoms with Crippen LogP contribution in [-0.2, 0) is 11.2 Å². The minimum absolute atomic E-state index is 0.115. The van der Waals surface area contributed by atoms with Crippen LogP contribution in [-0.4, -0.2) is 20.9 Å². The van der Waals surface area contributed by atoms with Crippen molar-refractivity contribution in [1.29, 1.82) is 0 Å². The van der Waals surface area contributed by atoms with Crippen LogP contribution in [0.25, 0.3) is 21.8 Å². The minimum atomic E-state index is -0.115. The molecule has 0 fully saturated rings. The lowest BCUT2D eigenvalue weighted by atomic mass is 10.1. The van der Waals surface area contributed by atoms with Crippen LogP contribution in [0.1, 0.15) is 12.1 Å². The van der Waals surface area contributed by atoms with E-state index in [9.17, 15) is 4.79 Å². The Morgan fingerprint density at radius 1 is 1.08 bits per heavy atom. The second-order valence-electron chi connectivity index (χ2n) is 5.78. The number of aromatic amines is 1. The summed E-state index contributed by atoms with van der Waals surface area (Å²) in [5.74, 6) is -0.115. The highest BCUT2D eigenvalue weighted by atomic mass is 35.5. The molecular formula is C19H15ClN4O. The average Bonchev–Trinajstić information content (AvgIpc) is 3.00. The number of halogens is 1. The summed E-state index contributed by atoms with van der Waals surface area (Å²) < 4.78 is 0. The van der Waals surface area contributed by atoms with Gasteiger partial charge in [-0.15, -0.1) is 0 Å². The molecule has 0 atom stereocenters. The number of amides is 1. The van der Waals surface area contributed by atoms with E-state index in [0.29, 0.717) is 18.5 Å². The quantitative estimate of drug-likeness (QED) is 0.538. The first-order valence-corrected chi connectivity index (χ1v) is 8.34. The van der Waals surface area contributed by atoms with Gasteiger partial charge < -0.3 is 10.3 Å². The van der Waals surface area contributed by atoms with Crippen molar-refractivity contribution in [2.45, 2.75) is 12.8 Å². The molecule has 2 N–H and O–H groups in total. The summed E-state index contributed by atoms with van der Waals surface area (Å²) >= 11 is 5.95. The van der Waals surface area contributed by atoms with Crippen molar-refractivity contribution in [1.82, 2.24) is 15.0 Å². The number of carbonyl (C=O) groups is 1. The molecule has 5 nitrogen and oxygen atoms in total. The highest BCUT2D eigenvalue weighted by Gasteiger charge is 2.09. The number of pyridine rings is 2. The summed E-state index contributed by atoms with van der Waals surface area (Å²) in [5, 5.41) is 5.34. The maximum atomic E-state index is 12.1. The van der Waals surface area contributed by atoms with Crippen LogP contribution < -0.4 is 5.32 Å². The topological polar surface area (TPSA) is 70.7 Å². The van der Waals surface area contributed by atoms with Gasteiger partial charge in [0.1, 0.15) is 0 Å². The van der Waals surface area contributed by atoms with E-state index in [2.05, 4.69) is 26.3 Å². The third-order valence-corrected chi connectivity index (χ3v) is 4.39. The SMILES string of the molecule is O=C(CCc1cc2c(cn1)[nH]c1ccccc12)Nc1cccnc1Cl. The van der Waals surface area contributed by atoms with E-state index in [0.717, 1.165) is 27.5 Å². The lowest BCUT2D eigenvalue weighted by Gasteiger charge is -2.06. The van der Waals surface area contributed by atoms with E-state index in [4.69, 9.17) is 11.6 Å². The van der Waals surface area contributed by atoms with Gasteiger partial charge in [-0.25, -0.2) is 4.98 Å². The van der Waals surface area contributed by atoms with Crippen LogP contribution in [0.5, 0.6) is 0 Å². The van der Waals surface area contributed by atoms with E-state index in [1.54, 1.807) is 18.3 Å². The first kappa shape index (κ1) is 15.6. The van der Waals surface area contributed by atoms with Gasteiger partial charge in [0.25, 0.3) is 0 Å². The van der Waals surface area contributed by atoms with E-state index < -0.39 is 0 Å². The van der Waals surface area contributed by atoms with Gasteiger partial charge in [-0.3, -0.25) is 9.78 Å². The molecule has 4 rings (SSSR count). The molecule has 0 spiro atoms. The number of aromatic nitrogens is 3. The lowest BCUT2D eigenvalue weighted by molar-refractivity contribution is -0.116. The fraction of sp³-hybridized carbons (Fsp3) is 0.105. The molecule has 0 saturated carbocycles. The number of benzene rings is 1. The molecule has 4 aromatic rings. The standard InChI is InChI=1S/C19H15ClN4O/c20-19-16(6-3-9-21-19)24-18(25)8-7-12-10-14-13-4-1-2-5-15(13)23-17(14)11-22-12/h1-6,9-11,23H,7-8H2,(H,24,25). The summed E-state index contributed by atoms with van der Waals surface area (Å²) in [6.07, 6.45) is 4.28. The van der Waals surface area contributed by atoms with Crippen LogP contribution in [0.2, 0.25) is 5.15 Å². The maximum Gasteiger partial charge on any atom is 0.224 e. The fourth-order valence-corrected chi connectivity index (χ4v) is 3.03. The summed E-state index contributed by atoms with van der Waals surface area (Å²) in [6, 6.07) is 13.6. The molecule has 0 radical (unpaired) electrons. The van der Waals surface area contributed by atoms with Gasteiger partial charge in [0, 0.05) is 34.6 Å². The molecule has 3 heterocycles. The Kier molecular flexibility index (Phi) is 4.07. The van der Waals surface area contributed by atoms with Crippen molar-refractivity contribution in [3.63, 3.8) is 0 Å². The number of hydrogen-bond acceptors (Lipinski definition) is 3. The van der Waals surface area contributed by atoms with Gasteiger partial charge in [-0.2, -0.15) is 0 Å². The number of carbonyl (C=O) groups excluding carboxylic acids is 1. The number of para-hydroxylation sites is 1. The Bertz CT molecular complexity index is 1070. The number of nitrogens with zero attached hydrogens (tertiary/aromatic N) is 2. The molecule has 6 heteroatoms. The number of hydrogen-bond donors (Lipinski definition) is 2. The molecule has 0 bridgehead atoms. The molecule has 0 aliphatic carbocycles. The zero-order valence-corrected chi connectivity index (χ0v) is 14.0. The van der Waals surface area contributed by atoms with Gasteiger partial charge in [-0.05, 0) is 30.7 Å². The lowest BCUT2D eigenvalue weighted by Crippen LogP contribution is -2.13. The predicted octanol–water partition coefficient (Wildman–Crippen LogP) is 4.34. The van der Waals surface area contributed by atoms with Crippen LogP contribution in [0.4, 0.5) is 5.69 Å². The molecule has 0 aliphatic heterocycles. The molecule has 3 aromatic heterocycles. The number of nitrogens with one attached hydrogen (secondary N) is 2. The van der Waals surface area contributed by atoms with Crippen molar-refractivity contribution < 1.29 is 4.79 Å². The second-order valence-corrected chi connectivity index (χ2v) is 6.14. The van der Waals surface area contributed by atoms with Gasteiger partial charge in [0.05, 0.1) is 17.4 Å². The fourth-order valence-electron chi connectivity index (χ4n) is 2.86. The smallest absolute Gasteiger partial charge is 0.224 e. The third-order valence-electron chi connectivity index (χ3n) is 4.09. The van der Waals surface area contributed by atoms with Crippen LogP contribution >= 0.6 is 11.6 Å². The number of aryl methyl sites for hydroxylation is 1. The Labute approximate surface area is 149 Å². The Morgan fingerprint density at radius 3 is 2.84 bits per heavy atom. The van der Waals surface area contributed by atoms with Crippen LogP contribution in [0.15, 0.2) is 54.9 Å². The summed E-state index contributed by atoms with van der Waals surface area (Å²) in [4.78, 5) is 23.9. The Morgan fingerprint density at radius 2 is 1.96 bits per heavy atom. The molecule has 0 aliphatic rings. The predicted molar refractivity (Wildman–Crippen MR) is 99.8 cm³/mol. The van der Waals surface area contributed by atoms with Crippen molar-refractivity contribution in [3.8, 4) is 0 Å². The van der Waals surface area contributed by atoms with Gasteiger partial charge in [-0.1, -0.05) is 29.8 Å². The van der Waals surface area contributed by atoms with Crippen LogP contribution in [0, 0.1) is 0 Å². The average molecular weight is 351 g/mol. The van der Waals surface area contributed by atoms with Crippen molar-refractivity contribution in [2.24, 2.45) is 0 Å². The summed E-state index contributed by atoms with van der Waals surface area (Å²) in [7, 11) is 0. The highest BCUT2D eigenvalue weighted by molar-refractivity contribution is 6.32. The first-order chi connectivity index (χ1) is 12.2. The zero-order valence-electron chi connectivity index (χ0n) is 13.3. The Hall–Kier alpha value is -2.92. The third kappa shape index (κ3) is 3.19. The summed E-state index contributed by atoms with van der Waals surface area (Å²) in [6.45, 7) is 0. The number of rotatable bonds is 4. The van der Waals surface area contributed by atoms with Crippen LogP contribution in [0.3, 0.4) is 0 Å². The van der Waals surface area contributed by atoms with Gasteiger partial charge >= 0.3 is 0 Å². The summed E-state index contributed by atoms with van der Waals surface area (Å²) in [5.41, 5.74) is 3.48. The molecule has 1 aromatic carbocycles. The van der Waals surface area contributed by atoms with Crippen molar-refractivity contribution in [2.75, 3.05) is 5.32 Å². The second kappa shape index (κ2) is 6.53. The zero-order chi connectivity index (χ0) is 17.2. The molecule has 0 saturated heterocycles. The van der Waals surface area contributed by atoms with Gasteiger partial charge in [0.15, 0.2) is 5.15 Å². The number of anilines is 1. The normalized spacial score (nSPS) is 11.1. The molecule has 0 unspecified atom stereocenters. The van der Waals surface area contributed by atoms with E-state index >= 15 is 0 Å². The first-order valence-electron chi connectivity index (χ1n) is 7.96. The van der Waals surface area contributed by atoms with E-state index in [-0.39, 0.29) is 11.1 Å². The van der Waals surface area contributed by atoms with E-state index in [1.165, 1.54) is 0 Å². The number of fused-ring (bicyclic) bond motifs is 3. The molecule has 25 heavy (non-hydrogen) atoms. The number of H-pyrrole nitrogens is 1. The maximum absolute atomic E-state index is 12.1. The van der Waals surface area contributed by atoms with E-state index in [1.807, 2.05) is 30.5 Å². The van der Waals surface area contributed by atoms with Gasteiger partial charge in [0.2, 0.25) is 5.91 Å². The monoisotopic (exact) mass is 350 g/mol. The van der Waals surface area contributed by atoms with Crippen molar-refractivity contribution >= 4 is 45.0 Å². The highest BCUT2D eigenvalue weighted by Crippen LogP contribution is 2.25. The molecule has 1 amide bonds. The largest absolute Gasteiger partial charge is 0.353 e.